The first-order valence-electron chi connectivity index (χ1n) is 5.22. The van der Waals surface area contributed by atoms with Gasteiger partial charge in [0, 0.05) is 11.8 Å². The zero-order valence-corrected chi connectivity index (χ0v) is 10.8. The molecule has 1 aromatic heterocycles. The van der Waals surface area contributed by atoms with Crippen LogP contribution in [-0.2, 0) is 16.1 Å². The first-order valence-corrected chi connectivity index (χ1v) is 6.61. The fourth-order valence-electron chi connectivity index (χ4n) is 1.20. The quantitative estimate of drug-likeness (QED) is 0.427. The first kappa shape index (κ1) is 14.0. The van der Waals surface area contributed by atoms with Crippen LogP contribution < -0.4 is 0 Å². The Morgan fingerprint density at radius 1 is 1.59 bits per heavy atom. The van der Waals surface area contributed by atoms with E-state index in [-0.39, 0.29) is 6.61 Å². The van der Waals surface area contributed by atoms with E-state index in [4.69, 9.17) is 9.47 Å². The first-order chi connectivity index (χ1) is 8.19. The average Bonchev–Trinajstić information content (AvgIpc) is 2.31. The lowest BCUT2D eigenvalue weighted by Crippen LogP contribution is -2.01. The summed E-state index contributed by atoms with van der Waals surface area (Å²) >= 11 is 1.53. The minimum Gasteiger partial charge on any atom is -0.494 e. The molecule has 0 saturated carbocycles. The smallest absolute Gasteiger partial charge is 0.147 e. The predicted octanol–water partition coefficient (Wildman–Crippen LogP) is 3.07. The molecular formula is C12H16FNO2S. The van der Waals surface area contributed by atoms with Gasteiger partial charge in [0.2, 0.25) is 0 Å². The van der Waals surface area contributed by atoms with Crippen LogP contribution in [-0.4, -0.2) is 23.8 Å². The average molecular weight is 257 g/mol. The van der Waals surface area contributed by atoms with Gasteiger partial charge < -0.3 is 9.47 Å². The van der Waals surface area contributed by atoms with E-state index in [1.807, 2.05) is 13.2 Å². The number of nitrogens with zero attached hydrogens (tertiary/aromatic N) is 1. The molecule has 94 valence electrons. The Bertz CT molecular complexity index is 385. The van der Waals surface area contributed by atoms with Crippen molar-refractivity contribution in [2.75, 3.05) is 18.8 Å². The van der Waals surface area contributed by atoms with Crippen LogP contribution in [0, 0.1) is 5.82 Å². The number of halogens is 1. The molecule has 0 aliphatic rings. The van der Waals surface area contributed by atoms with Crippen molar-refractivity contribution in [2.45, 2.75) is 13.5 Å². The van der Waals surface area contributed by atoms with Gasteiger partial charge in [0.15, 0.2) is 0 Å². The monoisotopic (exact) mass is 257 g/mol. The Morgan fingerprint density at radius 3 is 2.94 bits per heavy atom. The molecule has 0 amide bonds. The standard InChI is InChI=1S/C12H16FNO2S/c1-4-16-9(2)10-5-11(13)12(14-6-10)7-15-8-17-3/h5-6H,2,4,7-8H2,1,3H3. The van der Waals surface area contributed by atoms with E-state index in [2.05, 4.69) is 11.6 Å². The summed E-state index contributed by atoms with van der Waals surface area (Å²) < 4.78 is 24.0. The summed E-state index contributed by atoms with van der Waals surface area (Å²) in [4.78, 5) is 4.00. The Kier molecular flexibility index (Phi) is 6.00. The van der Waals surface area contributed by atoms with Crippen molar-refractivity contribution in [1.82, 2.24) is 4.98 Å². The lowest BCUT2D eigenvalue weighted by atomic mass is 10.2. The van der Waals surface area contributed by atoms with Crippen LogP contribution in [0.1, 0.15) is 18.2 Å². The molecule has 1 rings (SSSR count). The van der Waals surface area contributed by atoms with Gasteiger partial charge >= 0.3 is 0 Å². The maximum atomic E-state index is 13.6. The largest absolute Gasteiger partial charge is 0.494 e. The van der Waals surface area contributed by atoms with E-state index in [0.29, 0.717) is 29.6 Å². The normalized spacial score (nSPS) is 10.3. The van der Waals surface area contributed by atoms with Crippen LogP contribution in [0.2, 0.25) is 0 Å². The summed E-state index contributed by atoms with van der Waals surface area (Å²) in [7, 11) is 0. The third kappa shape index (κ3) is 4.36. The minimum atomic E-state index is -0.399. The third-order valence-electron chi connectivity index (χ3n) is 2.00. The highest BCUT2D eigenvalue weighted by Crippen LogP contribution is 2.16. The molecule has 0 N–H and O–H groups in total. The van der Waals surface area contributed by atoms with Gasteiger partial charge in [-0.3, -0.25) is 4.98 Å². The van der Waals surface area contributed by atoms with Crippen LogP contribution in [0.5, 0.6) is 0 Å². The Morgan fingerprint density at radius 2 is 2.35 bits per heavy atom. The molecule has 17 heavy (non-hydrogen) atoms. The number of hydrogen-bond donors (Lipinski definition) is 0. The van der Waals surface area contributed by atoms with E-state index in [1.54, 1.807) is 6.20 Å². The second-order valence-electron chi connectivity index (χ2n) is 3.26. The number of hydrogen-bond acceptors (Lipinski definition) is 4. The van der Waals surface area contributed by atoms with Crippen molar-refractivity contribution in [2.24, 2.45) is 0 Å². The highest BCUT2D eigenvalue weighted by molar-refractivity contribution is 7.98. The molecule has 0 saturated heterocycles. The van der Waals surface area contributed by atoms with E-state index in [1.165, 1.54) is 17.8 Å². The van der Waals surface area contributed by atoms with Crippen molar-refractivity contribution >= 4 is 17.5 Å². The molecule has 1 aromatic rings. The van der Waals surface area contributed by atoms with Crippen LogP contribution in [0.15, 0.2) is 18.8 Å². The van der Waals surface area contributed by atoms with Gasteiger partial charge in [0.25, 0.3) is 0 Å². The molecule has 0 bridgehead atoms. The van der Waals surface area contributed by atoms with E-state index in [0.717, 1.165) is 0 Å². The highest BCUT2D eigenvalue weighted by atomic mass is 32.2. The summed E-state index contributed by atoms with van der Waals surface area (Å²) in [6.45, 7) is 6.22. The summed E-state index contributed by atoms with van der Waals surface area (Å²) in [5.41, 5.74) is 0.852. The van der Waals surface area contributed by atoms with Gasteiger partial charge in [0.1, 0.15) is 17.3 Å². The van der Waals surface area contributed by atoms with E-state index in [9.17, 15) is 4.39 Å². The van der Waals surface area contributed by atoms with Gasteiger partial charge in [-0.15, -0.1) is 11.8 Å². The molecule has 0 atom stereocenters. The van der Waals surface area contributed by atoms with E-state index >= 15 is 0 Å². The zero-order valence-electron chi connectivity index (χ0n) is 10.0. The molecule has 0 aromatic carbocycles. The molecule has 5 heteroatoms. The topological polar surface area (TPSA) is 31.4 Å². The molecular weight excluding hydrogens is 241 g/mol. The molecule has 0 radical (unpaired) electrons. The second kappa shape index (κ2) is 7.29. The van der Waals surface area contributed by atoms with Crippen molar-refractivity contribution in [3.63, 3.8) is 0 Å². The fourth-order valence-corrected chi connectivity index (χ4v) is 1.45. The lowest BCUT2D eigenvalue weighted by Gasteiger charge is -2.08. The number of rotatable bonds is 7. The Balaban J connectivity index is 2.68. The third-order valence-corrected chi connectivity index (χ3v) is 2.40. The summed E-state index contributed by atoms with van der Waals surface area (Å²) in [5, 5.41) is 0. The lowest BCUT2D eigenvalue weighted by molar-refractivity contribution is 0.162. The number of thioether (sulfide) groups is 1. The van der Waals surface area contributed by atoms with Crippen LogP contribution >= 0.6 is 11.8 Å². The van der Waals surface area contributed by atoms with Gasteiger partial charge in [-0.25, -0.2) is 4.39 Å². The van der Waals surface area contributed by atoms with Crippen LogP contribution in [0.25, 0.3) is 5.76 Å². The molecule has 0 aliphatic heterocycles. The van der Waals surface area contributed by atoms with Crippen LogP contribution in [0.4, 0.5) is 4.39 Å². The molecule has 0 unspecified atom stereocenters. The highest BCUT2D eigenvalue weighted by Gasteiger charge is 2.08. The van der Waals surface area contributed by atoms with Gasteiger partial charge in [0.05, 0.1) is 19.2 Å². The van der Waals surface area contributed by atoms with Crippen LogP contribution in [0.3, 0.4) is 0 Å². The Hall–Kier alpha value is -1.07. The van der Waals surface area contributed by atoms with Gasteiger partial charge in [-0.05, 0) is 19.2 Å². The molecule has 1 heterocycles. The van der Waals surface area contributed by atoms with Crippen molar-refractivity contribution in [3.05, 3.63) is 35.9 Å². The minimum absolute atomic E-state index is 0.175. The van der Waals surface area contributed by atoms with Crippen molar-refractivity contribution in [1.29, 1.82) is 0 Å². The van der Waals surface area contributed by atoms with Crippen molar-refractivity contribution < 1.29 is 13.9 Å². The number of aromatic nitrogens is 1. The predicted molar refractivity (Wildman–Crippen MR) is 68.0 cm³/mol. The summed E-state index contributed by atoms with van der Waals surface area (Å²) in [6.07, 6.45) is 3.46. The summed E-state index contributed by atoms with van der Waals surface area (Å²) in [6, 6.07) is 1.36. The second-order valence-corrected chi connectivity index (χ2v) is 4.08. The zero-order chi connectivity index (χ0) is 12.7. The summed E-state index contributed by atoms with van der Waals surface area (Å²) in [5.74, 6) is 0.550. The maximum Gasteiger partial charge on any atom is 0.147 e. The molecule has 0 fully saturated rings. The van der Waals surface area contributed by atoms with E-state index < -0.39 is 5.82 Å². The maximum absolute atomic E-state index is 13.6. The molecule has 3 nitrogen and oxygen atoms in total. The fraction of sp³-hybridized carbons (Fsp3) is 0.417. The number of pyridine rings is 1. The molecule has 0 spiro atoms. The van der Waals surface area contributed by atoms with Gasteiger partial charge in [-0.2, -0.15) is 0 Å². The molecule has 0 aliphatic carbocycles. The number of ether oxygens (including phenoxy) is 2. The SMILES string of the molecule is C=C(OCC)c1cnc(COCSC)c(F)c1. The van der Waals surface area contributed by atoms with Gasteiger partial charge in [-0.1, -0.05) is 6.58 Å². The van der Waals surface area contributed by atoms with Crippen molar-refractivity contribution in [3.8, 4) is 0 Å². The Labute approximate surface area is 105 Å².